The highest BCUT2D eigenvalue weighted by molar-refractivity contribution is 5.98. The molecule has 10 heteroatoms. The third-order valence-corrected chi connectivity index (χ3v) is 4.97. The van der Waals surface area contributed by atoms with E-state index in [4.69, 9.17) is 9.47 Å². The molecule has 0 bridgehead atoms. The summed E-state index contributed by atoms with van der Waals surface area (Å²) in [5, 5.41) is 16.7. The molecule has 1 heterocycles. The first-order valence-electron chi connectivity index (χ1n) is 9.72. The van der Waals surface area contributed by atoms with Crippen LogP contribution in [0.4, 0.5) is 22.7 Å². The second kappa shape index (κ2) is 9.33. The van der Waals surface area contributed by atoms with Gasteiger partial charge in [0.05, 0.1) is 30.5 Å². The van der Waals surface area contributed by atoms with E-state index in [-0.39, 0.29) is 17.3 Å². The van der Waals surface area contributed by atoms with E-state index in [2.05, 4.69) is 10.6 Å². The number of methoxy groups -OCH3 is 2. The molecule has 164 valence electrons. The van der Waals surface area contributed by atoms with Crippen LogP contribution < -0.4 is 25.0 Å². The van der Waals surface area contributed by atoms with Gasteiger partial charge in [-0.2, -0.15) is 0 Å². The van der Waals surface area contributed by atoms with Crippen LogP contribution in [0.2, 0.25) is 0 Å². The minimum Gasteiger partial charge on any atom is -0.495 e. The van der Waals surface area contributed by atoms with Crippen molar-refractivity contribution in [3.05, 3.63) is 46.5 Å². The molecule has 3 rings (SSSR count). The summed E-state index contributed by atoms with van der Waals surface area (Å²) in [7, 11) is 2.94. The molecule has 0 saturated carbocycles. The minimum atomic E-state index is -0.673. The first-order valence-corrected chi connectivity index (χ1v) is 9.72. The summed E-state index contributed by atoms with van der Waals surface area (Å²) < 4.78 is 10.6. The van der Waals surface area contributed by atoms with Gasteiger partial charge in [0.15, 0.2) is 0 Å². The van der Waals surface area contributed by atoms with Gasteiger partial charge in [0, 0.05) is 36.9 Å². The van der Waals surface area contributed by atoms with Crippen LogP contribution in [0.25, 0.3) is 0 Å². The Balaban J connectivity index is 1.73. The van der Waals surface area contributed by atoms with Gasteiger partial charge < -0.3 is 25.0 Å². The van der Waals surface area contributed by atoms with Crippen molar-refractivity contribution in [2.24, 2.45) is 0 Å². The van der Waals surface area contributed by atoms with Crippen LogP contribution in [-0.4, -0.2) is 43.5 Å². The maximum Gasteiger partial charge on any atom is 0.271 e. The van der Waals surface area contributed by atoms with E-state index in [1.54, 1.807) is 30.0 Å². The van der Waals surface area contributed by atoms with Gasteiger partial charge >= 0.3 is 0 Å². The number of carbonyl (C=O) groups is 2. The molecule has 1 aliphatic heterocycles. The maximum atomic E-state index is 12.7. The van der Waals surface area contributed by atoms with Crippen molar-refractivity contribution in [1.82, 2.24) is 0 Å². The fraction of sp³-hybridized carbons (Fsp3) is 0.333. The molecule has 2 N–H and O–H groups in total. The van der Waals surface area contributed by atoms with Crippen LogP contribution in [0.15, 0.2) is 36.4 Å². The lowest BCUT2D eigenvalue weighted by Crippen LogP contribution is -2.32. The number of hydrogen-bond donors (Lipinski definition) is 2. The average Bonchev–Trinajstić information content (AvgIpc) is 3.18. The number of rotatable bonds is 8. The van der Waals surface area contributed by atoms with E-state index in [1.807, 2.05) is 0 Å². The second-order valence-electron chi connectivity index (χ2n) is 7.03. The van der Waals surface area contributed by atoms with Crippen LogP contribution in [0, 0.1) is 10.1 Å². The van der Waals surface area contributed by atoms with Gasteiger partial charge in [0.1, 0.15) is 17.5 Å². The van der Waals surface area contributed by atoms with Crippen molar-refractivity contribution in [3.8, 4) is 11.5 Å². The summed E-state index contributed by atoms with van der Waals surface area (Å²) in [5.41, 5.74) is 1.36. The van der Waals surface area contributed by atoms with Crippen molar-refractivity contribution in [3.63, 3.8) is 0 Å². The maximum absolute atomic E-state index is 12.7. The molecular weight excluding hydrogens is 404 g/mol. The lowest BCUT2D eigenvalue weighted by molar-refractivity contribution is -0.384. The summed E-state index contributed by atoms with van der Waals surface area (Å²) in [4.78, 5) is 36.9. The molecule has 2 aromatic rings. The molecule has 10 nitrogen and oxygen atoms in total. The number of nitro benzene ring substituents is 1. The number of nitro groups is 1. The molecule has 0 spiro atoms. The molecule has 31 heavy (non-hydrogen) atoms. The number of non-ortho nitro benzene ring substituents is 1. The van der Waals surface area contributed by atoms with Gasteiger partial charge in [-0.3, -0.25) is 19.7 Å². The summed E-state index contributed by atoms with van der Waals surface area (Å²) in [6.07, 6.45) is 1.32. The number of amides is 2. The van der Waals surface area contributed by atoms with Gasteiger partial charge in [-0.25, -0.2) is 0 Å². The van der Waals surface area contributed by atoms with Crippen molar-refractivity contribution >= 4 is 34.6 Å². The third kappa shape index (κ3) is 4.85. The summed E-state index contributed by atoms with van der Waals surface area (Å²) >= 11 is 0. The van der Waals surface area contributed by atoms with E-state index in [0.29, 0.717) is 35.8 Å². The molecule has 0 radical (unpaired) electrons. The average molecular weight is 428 g/mol. The van der Waals surface area contributed by atoms with E-state index in [9.17, 15) is 19.7 Å². The quantitative estimate of drug-likeness (QED) is 0.489. The second-order valence-corrected chi connectivity index (χ2v) is 7.03. The fourth-order valence-corrected chi connectivity index (χ4v) is 3.36. The lowest BCUT2D eigenvalue weighted by Gasteiger charge is -2.21. The Hall–Kier alpha value is -3.82. The number of anilines is 3. The van der Waals surface area contributed by atoms with Crippen LogP contribution in [-0.2, 0) is 9.59 Å². The zero-order valence-corrected chi connectivity index (χ0v) is 17.5. The highest BCUT2D eigenvalue weighted by Gasteiger charge is 2.25. The molecule has 1 atom stereocenters. The number of carbonyl (C=O) groups excluding carboxylic acids is 2. The largest absolute Gasteiger partial charge is 0.495 e. The topological polar surface area (TPSA) is 123 Å². The summed E-state index contributed by atoms with van der Waals surface area (Å²) in [5.74, 6) is 0.481. The predicted molar refractivity (Wildman–Crippen MR) is 116 cm³/mol. The third-order valence-electron chi connectivity index (χ3n) is 4.97. The van der Waals surface area contributed by atoms with Crippen LogP contribution in [0.1, 0.15) is 19.8 Å². The molecule has 1 aliphatic rings. The number of benzene rings is 2. The Kier molecular flexibility index (Phi) is 6.58. The van der Waals surface area contributed by atoms with Crippen molar-refractivity contribution in [2.45, 2.75) is 25.8 Å². The molecule has 1 saturated heterocycles. The van der Waals surface area contributed by atoms with E-state index in [0.717, 1.165) is 6.42 Å². The molecule has 2 amide bonds. The van der Waals surface area contributed by atoms with Gasteiger partial charge in [-0.1, -0.05) is 0 Å². The van der Waals surface area contributed by atoms with Crippen LogP contribution in [0.5, 0.6) is 11.5 Å². The van der Waals surface area contributed by atoms with Crippen LogP contribution >= 0.6 is 0 Å². The minimum absolute atomic E-state index is 0.0534. The van der Waals surface area contributed by atoms with E-state index in [1.165, 1.54) is 32.4 Å². The monoisotopic (exact) mass is 428 g/mol. The number of hydrogen-bond acceptors (Lipinski definition) is 7. The molecule has 0 aromatic heterocycles. The molecule has 0 aliphatic carbocycles. The fourth-order valence-electron chi connectivity index (χ4n) is 3.36. The smallest absolute Gasteiger partial charge is 0.271 e. The summed E-state index contributed by atoms with van der Waals surface area (Å²) in [6, 6.07) is 8.56. The number of nitrogens with zero attached hydrogens (tertiary/aromatic N) is 2. The summed E-state index contributed by atoms with van der Waals surface area (Å²) in [6.45, 7) is 2.30. The highest BCUT2D eigenvalue weighted by atomic mass is 16.6. The Morgan fingerprint density at radius 2 is 1.90 bits per heavy atom. The Morgan fingerprint density at radius 3 is 2.52 bits per heavy atom. The van der Waals surface area contributed by atoms with E-state index < -0.39 is 16.9 Å². The zero-order chi connectivity index (χ0) is 22.5. The van der Waals surface area contributed by atoms with E-state index >= 15 is 0 Å². The SMILES string of the molecule is COc1ccc([N+](=O)[O-])cc1NC(=O)C(C)Nc1ccc(N2CCCC2=O)c(OC)c1. The normalized spacial score (nSPS) is 14.2. The molecule has 1 unspecified atom stereocenters. The lowest BCUT2D eigenvalue weighted by atomic mass is 10.2. The molecule has 2 aromatic carbocycles. The zero-order valence-electron chi connectivity index (χ0n) is 17.5. The van der Waals surface area contributed by atoms with Gasteiger partial charge in [-0.15, -0.1) is 0 Å². The number of ether oxygens (including phenoxy) is 2. The number of nitrogens with one attached hydrogen (secondary N) is 2. The molecule has 1 fully saturated rings. The Bertz CT molecular complexity index is 1010. The van der Waals surface area contributed by atoms with Gasteiger partial charge in [-0.05, 0) is 31.5 Å². The van der Waals surface area contributed by atoms with Crippen LogP contribution in [0.3, 0.4) is 0 Å². The van der Waals surface area contributed by atoms with Crippen molar-refractivity contribution < 1.29 is 24.0 Å². The van der Waals surface area contributed by atoms with Gasteiger partial charge in [0.2, 0.25) is 11.8 Å². The first kappa shape index (κ1) is 21.9. The van der Waals surface area contributed by atoms with Crippen molar-refractivity contribution in [1.29, 1.82) is 0 Å². The Morgan fingerprint density at radius 1 is 1.16 bits per heavy atom. The predicted octanol–water partition coefficient (Wildman–Crippen LogP) is 3.18. The Labute approximate surface area is 179 Å². The standard InChI is InChI=1S/C21H24N4O6/c1-13(21(27)23-16-12-15(25(28)29)7-9-18(16)30-2)22-14-6-8-17(19(11-14)31-3)24-10-4-5-20(24)26/h6-9,11-13,22H,4-5,10H2,1-3H3,(H,23,27). The van der Waals surface area contributed by atoms with Gasteiger partial charge in [0.25, 0.3) is 5.69 Å². The molecular formula is C21H24N4O6. The highest BCUT2D eigenvalue weighted by Crippen LogP contribution is 2.34. The first-order chi connectivity index (χ1) is 14.8. The van der Waals surface area contributed by atoms with Crippen molar-refractivity contribution in [2.75, 3.05) is 36.3 Å².